The molecule has 0 aliphatic heterocycles. The number of aromatic nitrogens is 4. The fourth-order valence-electron chi connectivity index (χ4n) is 5.62. The van der Waals surface area contributed by atoms with E-state index in [1.54, 1.807) is 25.3 Å². The Bertz CT molecular complexity index is 1710. The van der Waals surface area contributed by atoms with Gasteiger partial charge < -0.3 is 15.0 Å². The molecule has 9 nitrogen and oxygen atoms in total. The van der Waals surface area contributed by atoms with Gasteiger partial charge in [-0.05, 0) is 89.0 Å². The molecule has 0 bridgehead atoms. The first-order valence-corrected chi connectivity index (χ1v) is 16.0. The summed E-state index contributed by atoms with van der Waals surface area (Å²) in [7, 11) is 0.257. The van der Waals surface area contributed by atoms with Crippen LogP contribution in [0.15, 0.2) is 53.6 Å². The minimum absolute atomic E-state index is 0.281. The maximum absolute atomic E-state index is 13.1. The molecule has 0 radical (unpaired) electrons. The van der Waals surface area contributed by atoms with Crippen LogP contribution in [0, 0.1) is 6.92 Å². The van der Waals surface area contributed by atoms with Gasteiger partial charge in [-0.3, -0.25) is 4.98 Å². The maximum atomic E-state index is 13.1. The number of anilines is 1. The molecule has 0 amide bonds. The van der Waals surface area contributed by atoms with Crippen LogP contribution in [0.1, 0.15) is 49.6 Å². The number of ether oxygens (including phenoxy) is 1. The number of rotatable bonds is 10. The lowest BCUT2D eigenvalue weighted by Gasteiger charge is -2.32. The number of para-hydroxylation sites is 1. The van der Waals surface area contributed by atoms with Crippen LogP contribution in [0.25, 0.3) is 22.3 Å². The lowest BCUT2D eigenvalue weighted by Crippen LogP contribution is -2.36. The SMILES string of the molecule is CCc1cc(-c2ccc(CS(=O)(=O)c3ccccc3OC(F)F)nc2C)nc2cnc(NC3CCC(N(C)C)CC3)nc12. The van der Waals surface area contributed by atoms with Crippen LogP contribution in [0.4, 0.5) is 14.7 Å². The van der Waals surface area contributed by atoms with Gasteiger partial charge in [0.2, 0.25) is 5.95 Å². The quantitative estimate of drug-likeness (QED) is 0.238. The summed E-state index contributed by atoms with van der Waals surface area (Å²) < 4.78 is 56.3. The van der Waals surface area contributed by atoms with E-state index >= 15 is 0 Å². The fraction of sp³-hybridized carbons (Fsp3) is 0.419. The Morgan fingerprint density at radius 2 is 1.79 bits per heavy atom. The van der Waals surface area contributed by atoms with Gasteiger partial charge in [-0.2, -0.15) is 8.78 Å². The first-order chi connectivity index (χ1) is 20.5. The molecule has 1 fully saturated rings. The summed E-state index contributed by atoms with van der Waals surface area (Å²) in [5.41, 5.74) is 4.78. The van der Waals surface area contributed by atoms with E-state index in [9.17, 15) is 17.2 Å². The minimum Gasteiger partial charge on any atom is -0.433 e. The molecule has 5 rings (SSSR count). The summed E-state index contributed by atoms with van der Waals surface area (Å²) >= 11 is 0. The number of hydrogen-bond acceptors (Lipinski definition) is 9. The molecule has 3 heterocycles. The molecule has 3 aromatic heterocycles. The second-order valence-corrected chi connectivity index (χ2v) is 13.0. The van der Waals surface area contributed by atoms with Crippen molar-refractivity contribution in [2.75, 3.05) is 19.4 Å². The number of fused-ring (bicyclic) bond motifs is 1. The van der Waals surface area contributed by atoms with Crippen molar-refractivity contribution >= 4 is 26.8 Å². The van der Waals surface area contributed by atoms with Gasteiger partial charge in [0.1, 0.15) is 16.2 Å². The largest absolute Gasteiger partial charge is 0.433 e. The van der Waals surface area contributed by atoms with E-state index in [4.69, 9.17) is 9.97 Å². The van der Waals surface area contributed by atoms with Gasteiger partial charge in [0.05, 0.1) is 28.9 Å². The van der Waals surface area contributed by atoms with Crippen molar-refractivity contribution in [2.24, 2.45) is 0 Å². The highest BCUT2D eigenvalue weighted by Gasteiger charge is 2.24. The zero-order valence-electron chi connectivity index (χ0n) is 24.7. The molecule has 4 aromatic rings. The zero-order chi connectivity index (χ0) is 30.7. The molecule has 0 atom stereocenters. The Balaban J connectivity index is 1.37. The Hall–Kier alpha value is -3.77. The van der Waals surface area contributed by atoms with E-state index in [1.165, 1.54) is 24.3 Å². The van der Waals surface area contributed by atoms with Crippen LogP contribution in [0.5, 0.6) is 5.75 Å². The number of aryl methyl sites for hydroxylation is 2. The predicted octanol–water partition coefficient (Wildman–Crippen LogP) is 5.82. The zero-order valence-corrected chi connectivity index (χ0v) is 25.5. The molecule has 1 saturated carbocycles. The summed E-state index contributed by atoms with van der Waals surface area (Å²) in [6, 6.07) is 11.7. The molecular weight excluding hydrogens is 574 g/mol. The minimum atomic E-state index is -4.01. The molecule has 1 N–H and O–H groups in total. The molecule has 12 heteroatoms. The van der Waals surface area contributed by atoms with Crippen molar-refractivity contribution in [3.05, 3.63) is 65.6 Å². The van der Waals surface area contributed by atoms with Crippen molar-refractivity contribution in [1.29, 1.82) is 0 Å². The Morgan fingerprint density at radius 1 is 1.05 bits per heavy atom. The number of nitrogens with one attached hydrogen (secondary N) is 1. The highest BCUT2D eigenvalue weighted by Crippen LogP contribution is 2.30. The lowest BCUT2D eigenvalue weighted by atomic mass is 9.91. The van der Waals surface area contributed by atoms with Gasteiger partial charge in [0, 0.05) is 23.3 Å². The first kappa shape index (κ1) is 30.7. The van der Waals surface area contributed by atoms with E-state index in [0.29, 0.717) is 34.9 Å². The number of nitrogens with zero attached hydrogens (tertiary/aromatic N) is 5. The fourth-order valence-corrected chi connectivity index (χ4v) is 7.04. The van der Waals surface area contributed by atoms with Crippen LogP contribution < -0.4 is 10.1 Å². The molecule has 0 saturated heterocycles. The van der Waals surface area contributed by atoms with Crippen LogP contribution >= 0.6 is 0 Å². The highest BCUT2D eigenvalue weighted by atomic mass is 32.2. The van der Waals surface area contributed by atoms with Crippen molar-refractivity contribution in [1.82, 2.24) is 24.8 Å². The highest BCUT2D eigenvalue weighted by molar-refractivity contribution is 7.90. The van der Waals surface area contributed by atoms with Crippen LogP contribution in [-0.2, 0) is 22.0 Å². The second kappa shape index (κ2) is 12.8. The van der Waals surface area contributed by atoms with E-state index < -0.39 is 28.0 Å². The topological polar surface area (TPSA) is 110 Å². The van der Waals surface area contributed by atoms with Gasteiger partial charge in [0.25, 0.3) is 0 Å². The third-order valence-electron chi connectivity index (χ3n) is 7.92. The third-order valence-corrected chi connectivity index (χ3v) is 9.61. The molecule has 1 aromatic carbocycles. The summed E-state index contributed by atoms with van der Waals surface area (Å²) in [5, 5.41) is 3.52. The van der Waals surface area contributed by atoms with Gasteiger partial charge in [0.15, 0.2) is 9.84 Å². The van der Waals surface area contributed by atoms with Gasteiger partial charge in [-0.1, -0.05) is 19.1 Å². The number of sulfone groups is 1. The Labute approximate surface area is 250 Å². The summed E-state index contributed by atoms with van der Waals surface area (Å²) in [6.45, 7) is 0.704. The lowest BCUT2D eigenvalue weighted by molar-refractivity contribution is -0.0517. The Kier molecular flexibility index (Phi) is 9.16. The van der Waals surface area contributed by atoms with Gasteiger partial charge >= 0.3 is 6.61 Å². The van der Waals surface area contributed by atoms with Crippen LogP contribution in [0.3, 0.4) is 0 Å². The summed E-state index contributed by atoms with van der Waals surface area (Å²) in [5.74, 6) is -0.256. The third kappa shape index (κ3) is 7.07. The number of benzene rings is 1. The first-order valence-electron chi connectivity index (χ1n) is 14.4. The van der Waals surface area contributed by atoms with E-state index in [-0.39, 0.29) is 10.6 Å². The van der Waals surface area contributed by atoms with Crippen molar-refractivity contribution in [3.63, 3.8) is 0 Å². The standard InChI is InChI=1S/C31H36F2N6O3S/c1-5-20-16-25(37-26-17-34-31(38-29(20)26)36-21-10-13-23(14-11-21)39(3)4)24-15-12-22(35-19(24)2)18-43(40,41)28-9-7-6-8-27(28)42-30(32)33/h6-9,12,15-17,21,23,30H,5,10-11,13-14,18H2,1-4H3,(H,34,36,38). The molecular formula is C31H36F2N6O3S. The molecule has 43 heavy (non-hydrogen) atoms. The monoisotopic (exact) mass is 610 g/mol. The van der Waals surface area contributed by atoms with Crippen LogP contribution in [-0.4, -0.2) is 66.0 Å². The molecule has 1 aliphatic rings. The van der Waals surface area contributed by atoms with E-state index in [1.807, 2.05) is 6.07 Å². The van der Waals surface area contributed by atoms with Crippen molar-refractivity contribution in [3.8, 4) is 17.0 Å². The maximum Gasteiger partial charge on any atom is 0.387 e. The number of halogens is 2. The molecule has 228 valence electrons. The number of pyridine rings is 2. The van der Waals surface area contributed by atoms with Crippen molar-refractivity contribution < 1.29 is 21.9 Å². The molecule has 0 spiro atoms. The van der Waals surface area contributed by atoms with Gasteiger partial charge in [-0.15, -0.1) is 0 Å². The summed E-state index contributed by atoms with van der Waals surface area (Å²) in [6.07, 6.45) is 6.90. The Morgan fingerprint density at radius 3 is 2.47 bits per heavy atom. The van der Waals surface area contributed by atoms with Gasteiger partial charge in [-0.25, -0.2) is 23.4 Å². The molecule has 1 aliphatic carbocycles. The molecule has 0 unspecified atom stereocenters. The smallest absolute Gasteiger partial charge is 0.387 e. The van der Waals surface area contributed by atoms with E-state index in [2.05, 4.69) is 45.9 Å². The van der Waals surface area contributed by atoms with Crippen molar-refractivity contribution in [2.45, 2.75) is 75.3 Å². The predicted molar refractivity (Wildman–Crippen MR) is 162 cm³/mol. The summed E-state index contributed by atoms with van der Waals surface area (Å²) in [4.78, 5) is 20.7. The number of alkyl halides is 2. The average molecular weight is 611 g/mol. The normalized spacial score (nSPS) is 17.5. The number of hydrogen-bond donors (Lipinski definition) is 1. The average Bonchev–Trinajstić information content (AvgIpc) is 2.96. The second-order valence-electron chi connectivity index (χ2n) is 11.1. The van der Waals surface area contributed by atoms with Crippen LogP contribution in [0.2, 0.25) is 0 Å². The van der Waals surface area contributed by atoms with E-state index in [0.717, 1.165) is 48.7 Å².